The topological polar surface area (TPSA) is 213 Å². The molecule has 0 aliphatic carbocycles. The molecule has 0 aromatic rings. The molecular weight excluding hydrogens is 378 g/mol. The van der Waals surface area contributed by atoms with E-state index in [0.717, 1.165) is 6.92 Å². The smallest absolute Gasteiger partial charge is 0.303 e. The summed E-state index contributed by atoms with van der Waals surface area (Å²) in [7, 11) is 0. The fourth-order valence-electron chi connectivity index (χ4n) is 2.14. The first-order valence-corrected chi connectivity index (χ1v) is 8.46. The Kier molecular flexibility index (Phi) is 11.0. The summed E-state index contributed by atoms with van der Waals surface area (Å²) in [5, 5.41) is 30.6. The number of aliphatic carboxylic acids is 3. The van der Waals surface area contributed by atoms with Crippen molar-refractivity contribution in [3.63, 3.8) is 0 Å². The number of amides is 2. The molecule has 0 spiro atoms. The lowest BCUT2D eigenvalue weighted by Crippen LogP contribution is -2.54. The first-order chi connectivity index (χ1) is 12.9. The van der Waals surface area contributed by atoms with Gasteiger partial charge in [-0.05, 0) is 26.2 Å². The number of ketones is 1. The van der Waals surface area contributed by atoms with Gasteiger partial charge in [-0.2, -0.15) is 0 Å². The van der Waals surface area contributed by atoms with Crippen molar-refractivity contribution in [3.8, 4) is 0 Å². The number of carbonyl (C=O) groups is 6. The van der Waals surface area contributed by atoms with Crippen molar-refractivity contribution in [2.45, 2.75) is 63.6 Å². The predicted octanol–water partition coefficient (Wildman–Crippen LogP) is -1.53. The number of Topliss-reactive ketones (excluding diaryl/α,β-unsaturated/α-hetero) is 1. The maximum absolute atomic E-state index is 12.4. The van der Waals surface area contributed by atoms with Crippen LogP contribution in [0.5, 0.6) is 0 Å². The molecule has 28 heavy (non-hydrogen) atoms. The highest BCUT2D eigenvalue weighted by Crippen LogP contribution is 2.05. The third-order valence-electron chi connectivity index (χ3n) is 3.74. The first kappa shape index (κ1) is 25.0. The molecule has 0 rings (SSSR count). The Hall–Kier alpha value is -3.02. The van der Waals surface area contributed by atoms with Crippen LogP contribution in [0.25, 0.3) is 0 Å². The largest absolute Gasteiger partial charge is 0.481 e. The zero-order valence-corrected chi connectivity index (χ0v) is 15.3. The number of carboxylic acid groups (broad SMARTS) is 3. The number of hydrogen-bond donors (Lipinski definition) is 6. The third kappa shape index (κ3) is 10.9. The van der Waals surface area contributed by atoms with Crippen LogP contribution in [-0.4, -0.2) is 69.0 Å². The summed E-state index contributed by atoms with van der Waals surface area (Å²) in [6, 6.07) is -3.69. The fraction of sp³-hybridized carbons (Fsp3) is 0.625. The minimum absolute atomic E-state index is 0.172. The molecule has 3 atom stereocenters. The maximum atomic E-state index is 12.4. The van der Waals surface area contributed by atoms with Gasteiger partial charge >= 0.3 is 17.9 Å². The van der Waals surface area contributed by atoms with E-state index in [9.17, 15) is 28.8 Å². The Morgan fingerprint density at radius 2 is 1.11 bits per heavy atom. The molecule has 2 amide bonds. The van der Waals surface area contributed by atoms with Gasteiger partial charge in [0.25, 0.3) is 0 Å². The molecule has 1 unspecified atom stereocenters. The van der Waals surface area contributed by atoms with Crippen molar-refractivity contribution in [1.82, 2.24) is 10.6 Å². The van der Waals surface area contributed by atoms with Crippen molar-refractivity contribution in [1.29, 1.82) is 0 Å². The number of nitrogens with two attached hydrogens (primary N) is 1. The van der Waals surface area contributed by atoms with Gasteiger partial charge in [-0.15, -0.1) is 0 Å². The van der Waals surface area contributed by atoms with E-state index in [0.29, 0.717) is 0 Å². The highest BCUT2D eigenvalue weighted by molar-refractivity contribution is 5.93. The van der Waals surface area contributed by atoms with E-state index in [1.54, 1.807) is 0 Å². The summed E-state index contributed by atoms with van der Waals surface area (Å²) < 4.78 is 0. The minimum atomic E-state index is -1.34. The van der Waals surface area contributed by atoms with E-state index in [4.69, 9.17) is 21.1 Å². The van der Waals surface area contributed by atoms with Crippen molar-refractivity contribution in [3.05, 3.63) is 0 Å². The van der Waals surface area contributed by atoms with Crippen molar-refractivity contribution < 1.29 is 44.1 Å². The van der Waals surface area contributed by atoms with Crippen LogP contribution in [0.15, 0.2) is 0 Å². The Labute approximate surface area is 160 Å². The van der Waals surface area contributed by atoms with E-state index in [-0.39, 0.29) is 32.1 Å². The molecule has 12 heteroatoms. The van der Waals surface area contributed by atoms with Gasteiger partial charge < -0.3 is 31.7 Å². The van der Waals surface area contributed by atoms with Gasteiger partial charge in [0.1, 0.15) is 6.04 Å². The number of rotatable bonds is 14. The number of nitrogens with one attached hydrogen (secondary N) is 2. The highest BCUT2D eigenvalue weighted by Gasteiger charge is 2.27. The second kappa shape index (κ2) is 12.4. The van der Waals surface area contributed by atoms with Crippen LogP contribution in [0.3, 0.4) is 0 Å². The van der Waals surface area contributed by atoms with Gasteiger partial charge in [0.15, 0.2) is 5.78 Å². The molecule has 0 fully saturated rings. The Bertz CT molecular complexity index is 620. The standard InChI is InChI=1S/C16H25N3O9/c1-8(20)10(3-6-13(23)24)18-16(28)11(4-7-14(25)26)19-15(27)9(17)2-5-12(21)22/h9-11H,2-7,17H2,1H3,(H,18,28)(H,19,27)(H,21,22)(H,23,24)(H,25,26)/t9-,10-,11?/m0/s1. The summed E-state index contributed by atoms with van der Waals surface area (Å²) in [5.74, 6) is -5.78. The van der Waals surface area contributed by atoms with Gasteiger partial charge in [0.2, 0.25) is 11.8 Å². The van der Waals surface area contributed by atoms with Crippen molar-refractivity contribution in [2.24, 2.45) is 5.73 Å². The highest BCUT2D eigenvalue weighted by atomic mass is 16.4. The maximum Gasteiger partial charge on any atom is 0.303 e. The molecule has 0 bridgehead atoms. The number of hydrogen-bond acceptors (Lipinski definition) is 7. The summed E-state index contributed by atoms with van der Waals surface area (Å²) in [6.07, 6.45) is -1.89. The molecule has 0 saturated heterocycles. The summed E-state index contributed by atoms with van der Waals surface area (Å²) in [6.45, 7) is 1.15. The van der Waals surface area contributed by atoms with Crippen molar-refractivity contribution >= 4 is 35.5 Å². The number of carboxylic acids is 3. The van der Waals surface area contributed by atoms with Crippen LogP contribution in [0.2, 0.25) is 0 Å². The molecule has 0 radical (unpaired) electrons. The zero-order chi connectivity index (χ0) is 21.9. The lowest BCUT2D eigenvalue weighted by atomic mass is 10.0. The van der Waals surface area contributed by atoms with Crippen LogP contribution < -0.4 is 16.4 Å². The quantitative estimate of drug-likeness (QED) is 0.197. The molecule has 0 heterocycles. The fourth-order valence-corrected chi connectivity index (χ4v) is 2.14. The molecule has 0 aliphatic rings. The molecule has 158 valence electrons. The molecular formula is C16H25N3O9. The first-order valence-electron chi connectivity index (χ1n) is 8.46. The zero-order valence-electron chi connectivity index (χ0n) is 15.3. The van der Waals surface area contributed by atoms with Crippen LogP contribution in [0.4, 0.5) is 0 Å². The molecule has 0 aliphatic heterocycles. The van der Waals surface area contributed by atoms with E-state index in [1.165, 1.54) is 0 Å². The van der Waals surface area contributed by atoms with Gasteiger partial charge in [-0.25, -0.2) is 0 Å². The lowest BCUT2D eigenvalue weighted by Gasteiger charge is -2.23. The van der Waals surface area contributed by atoms with Crippen LogP contribution in [-0.2, 0) is 28.8 Å². The predicted molar refractivity (Wildman–Crippen MR) is 93.1 cm³/mol. The molecule has 12 nitrogen and oxygen atoms in total. The monoisotopic (exact) mass is 403 g/mol. The summed E-state index contributed by atoms with van der Waals surface area (Å²) >= 11 is 0. The summed E-state index contributed by atoms with van der Waals surface area (Å²) in [5.41, 5.74) is 5.56. The average Bonchev–Trinajstić information content (AvgIpc) is 2.58. The van der Waals surface area contributed by atoms with E-state index in [1.807, 2.05) is 0 Å². The van der Waals surface area contributed by atoms with Crippen LogP contribution in [0.1, 0.15) is 45.4 Å². The van der Waals surface area contributed by atoms with Crippen molar-refractivity contribution in [2.75, 3.05) is 0 Å². The normalized spacial score (nSPS) is 13.6. The van der Waals surface area contributed by atoms with Gasteiger partial charge in [-0.1, -0.05) is 0 Å². The van der Waals surface area contributed by atoms with E-state index in [2.05, 4.69) is 10.6 Å². The van der Waals surface area contributed by atoms with Gasteiger partial charge in [-0.3, -0.25) is 28.8 Å². The minimum Gasteiger partial charge on any atom is -0.481 e. The second-order valence-electron chi connectivity index (χ2n) is 6.14. The average molecular weight is 403 g/mol. The van der Waals surface area contributed by atoms with Gasteiger partial charge in [0, 0.05) is 19.3 Å². The van der Waals surface area contributed by atoms with Crippen LogP contribution in [0, 0.1) is 0 Å². The lowest BCUT2D eigenvalue weighted by molar-refractivity contribution is -0.139. The Morgan fingerprint density at radius 1 is 0.714 bits per heavy atom. The SMILES string of the molecule is CC(=O)[C@H](CCC(=O)O)NC(=O)C(CCC(=O)O)NC(=O)[C@@H](N)CCC(=O)O. The third-order valence-corrected chi connectivity index (χ3v) is 3.74. The summed E-state index contributed by atoms with van der Waals surface area (Å²) in [4.78, 5) is 68.0. The second-order valence-corrected chi connectivity index (χ2v) is 6.14. The van der Waals surface area contributed by atoms with Crippen LogP contribution >= 0.6 is 0 Å². The number of carbonyl (C=O) groups excluding carboxylic acids is 3. The van der Waals surface area contributed by atoms with E-state index < -0.39 is 60.1 Å². The Morgan fingerprint density at radius 3 is 1.54 bits per heavy atom. The van der Waals surface area contributed by atoms with Gasteiger partial charge in [0.05, 0.1) is 12.1 Å². The molecule has 7 N–H and O–H groups in total. The molecule has 0 aromatic heterocycles. The molecule has 0 saturated carbocycles. The van der Waals surface area contributed by atoms with E-state index >= 15 is 0 Å². The Balaban J connectivity index is 5.08. The molecule has 0 aromatic carbocycles.